The highest BCUT2D eigenvalue weighted by Crippen LogP contribution is 2.39. The van der Waals surface area contributed by atoms with Crippen LogP contribution >= 0.6 is 0 Å². The van der Waals surface area contributed by atoms with E-state index in [0.29, 0.717) is 5.41 Å². The second-order valence-corrected chi connectivity index (χ2v) is 8.34. The van der Waals surface area contributed by atoms with Crippen LogP contribution in [0.1, 0.15) is 34.1 Å². The molecule has 0 amide bonds. The second-order valence-electron chi connectivity index (χ2n) is 8.34. The molecule has 3 aliphatic rings. The summed E-state index contributed by atoms with van der Waals surface area (Å²) in [4.78, 5) is 2.47. The lowest BCUT2D eigenvalue weighted by molar-refractivity contribution is -0.0985. The van der Waals surface area contributed by atoms with Gasteiger partial charge < -0.3 is 18.9 Å². The summed E-state index contributed by atoms with van der Waals surface area (Å²) in [5.41, 5.74) is 2.22. The maximum absolute atomic E-state index is 6.12. The molecule has 1 aromatic carbocycles. The summed E-state index contributed by atoms with van der Waals surface area (Å²) in [7, 11) is -0.279. The largest absolute Gasteiger partial charge is 0.494 e. The predicted octanol–water partition coefficient (Wildman–Crippen LogP) is 2.21. The van der Waals surface area contributed by atoms with Gasteiger partial charge in [0.05, 0.1) is 24.4 Å². The first kappa shape index (κ1) is 15.5. The van der Waals surface area contributed by atoms with Crippen molar-refractivity contribution in [1.82, 2.24) is 0 Å². The van der Waals surface area contributed by atoms with Crippen molar-refractivity contribution in [2.75, 3.05) is 31.2 Å². The SMILES string of the molecule is CC1(C)OB(c2ccc(N3CCC4(COC4)C3)cc2)OC1(C)C. The zero-order valence-corrected chi connectivity index (χ0v) is 14.6. The lowest BCUT2D eigenvalue weighted by atomic mass is 9.79. The van der Waals surface area contributed by atoms with Crippen molar-refractivity contribution < 1.29 is 14.0 Å². The molecule has 0 bridgehead atoms. The monoisotopic (exact) mass is 315 g/mol. The van der Waals surface area contributed by atoms with Crippen molar-refractivity contribution in [2.24, 2.45) is 5.41 Å². The smallest absolute Gasteiger partial charge is 0.399 e. The van der Waals surface area contributed by atoms with Gasteiger partial charge in [-0.25, -0.2) is 0 Å². The van der Waals surface area contributed by atoms with Gasteiger partial charge in [0.1, 0.15) is 0 Å². The van der Waals surface area contributed by atoms with Crippen LogP contribution in [0.15, 0.2) is 24.3 Å². The normalized spacial score (nSPS) is 27.5. The highest BCUT2D eigenvalue weighted by atomic mass is 16.7. The Morgan fingerprint density at radius 3 is 2.04 bits per heavy atom. The third-order valence-electron chi connectivity index (χ3n) is 6.04. The molecule has 0 saturated carbocycles. The Morgan fingerprint density at radius 2 is 1.57 bits per heavy atom. The summed E-state index contributed by atoms with van der Waals surface area (Å²) < 4.78 is 17.7. The highest BCUT2D eigenvalue weighted by Gasteiger charge is 2.51. The van der Waals surface area contributed by atoms with Gasteiger partial charge in [-0.05, 0) is 51.7 Å². The van der Waals surface area contributed by atoms with Gasteiger partial charge in [0.15, 0.2) is 0 Å². The molecule has 5 heteroatoms. The van der Waals surface area contributed by atoms with Gasteiger partial charge in [0.2, 0.25) is 0 Å². The van der Waals surface area contributed by atoms with Crippen molar-refractivity contribution in [3.05, 3.63) is 24.3 Å². The topological polar surface area (TPSA) is 30.9 Å². The van der Waals surface area contributed by atoms with Crippen molar-refractivity contribution in [1.29, 1.82) is 0 Å². The van der Waals surface area contributed by atoms with Gasteiger partial charge >= 0.3 is 7.12 Å². The maximum atomic E-state index is 6.12. The summed E-state index contributed by atoms with van der Waals surface area (Å²) in [6, 6.07) is 8.66. The molecule has 124 valence electrons. The Bertz CT molecular complexity index is 579. The average Bonchev–Trinajstić information content (AvgIpc) is 2.99. The van der Waals surface area contributed by atoms with Gasteiger partial charge in [-0.15, -0.1) is 0 Å². The van der Waals surface area contributed by atoms with Gasteiger partial charge in [0.25, 0.3) is 0 Å². The molecule has 3 saturated heterocycles. The summed E-state index contributed by atoms with van der Waals surface area (Å²) in [6.45, 7) is 12.4. The molecule has 3 aliphatic heterocycles. The number of ether oxygens (including phenoxy) is 1. The molecule has 0 aromatic heterocycles. The Kier molecular flexibility index (Phi) is 3.35. The second kappa shape index (κ2) is 4.98. The number of hydrogen-bond donors (Lipinski definition) is 0. The molecule has 3 heterocycles. The molecule has 4 rings (SSSR count). The van der Waals surface area contributed by atoms with E-state index in [2.05, 4.69) is 56.9 Å². The van der Waals surface area contributed by atoms with Crippen LogP contribution in [0.2, 0.25) is 0 Å². The summed E-state index contributed by atoms with van der Waals surface area (Å²) in [5, 5.41) is 0. The van der Waals surface area contributed by atoms with E-state index in [-0.39, 0.29) is 18.3 Å². The molecule has 0 radical (unpaired) electrons. The number of benzene rings is 1. The first-order valence-corrected chi connectivity index (χ1v) is 8.59. The fourth-order valence-electron chi connectivity index (χ4n) is 3.60. The van der Waals surface area contributed by atoms with E-state index in [1.807, 2.05) is 0 Å². The summed E-state index contributed by atoms with van der Waals surface area (Å²) in [5.74, 6) is 0. The molecule has 1 aromatic rings. The third kappa shape index (κ3) is 2.50. The molecule has 0 N–H and O–H groups in total. The molecule has 4 nitrogen and oxygen atoms in total. The number of hydrogen-bond acceptors (Lipinski definition) is 4. The molecule has 1 spiro atoms. The number of rotatable bonds is 2. The Balaban J connectivity index is 1.47. The molecule has 3 fully saturated rings. The Labute approximate surface area is 139 Å². The van der Waals surface area contributed by atoms with E-state index in [1.165, 1.54) is 12.1 Å². The minimum Gasteiger partial charge on any atom is -0.399 e. The lowest BCUT2D eigenvalue weighted by Crippen LogP contribution is -2.44. The molecule has 0 aliphatic carbocycles. The van der Waals surface area contributed by atoms with Gasteiger partial charge in [-0.1, -0.05) is 12.1 Å². The minimum atomic E-state index is -0.290. The molecule has 0 unspecified atom stereocenters. The first-order valence-electron chi connectivity index (χ1n) is 8.59. The van der Waals surface area contributed by atoms with Crippen LogP contribution in [-0.4, -0.2) is 44.6 Å². The standard InChI is InChI=1S/C18H26BNO3/c1-16(2)17(3,4)23-19(22-16)14-5-7-15(8-6-14)20-10-9-18(11-20)12-21-13-18/h5-8H,9-13H2,1-4H3. The van der Waals surface area contributed by atoms with Crippen LogP contribution in [0.4, 0.5) is 5.69 Å². The van der Waals surface area contributed by atoms with E-state index in [4.69, 9.17) is 14.0 Å². The van der Waals surface area contributed by atoms with E-state index in [9.17, 15) is 0 Å². The lowest BCUT2D eigenvalue weighted by Gasteiger charge is -2.37. The van der Waals surface area contributed by atoms with Crippen LogP contribution in [0.5, 0.6) is 0 Å². The molecule has 0 atom stereocenters. The average molecular weight is 315 g/mol. The molecule has 23 heavy (non-hydrogen) atoms. The Hall–Kier alpha value is -1.04. The highest BCUT2D eigenvalue weighted by molar-refractivity contribution is 6.62. The summed E-state index contributed by atoms with van der Waals surface area (Å²) >= 11 is 0. The van der Waals surface area contributed by atoms with Crippen LogP contribution in [0.25, 0.3) is 0 Å². The Morgan fingerprint density at radius 1 is 0.957 bits per heavy atom. The van der Waals surface area contributed by atoms with E-state index in [1.54, 1.807) is 0 Å². The van der Waals surface area contributed by atoms with Crippen LogP contribution in [-0.2, 0) is 14.0 Å². The van der Waals surface area contributed by atoms with Crippen molar-refractivity contribution in [3.63, 3.8) is 0 Å². The van der Waals surface area contributed by atoms with Crippen molar-refractivity contribution >= 4 is 18.3 Å². The van der Waals surface area contributed by atoms with Crippen molar-refractivity contribution in [2.45, 2.75) is 45.3 Å². The number of nitrogens with zero attached hydrogens (tertiary/aromatic N) is 1. The molecular formula is C18H26BNO3. The first-order chi connectivity index (χ1) is 10.8. The van der Waals surface area contributed by atoms with Gasteiger partial charge in [-0.2, -0.15) is 0 Å². The van der Waals surface area contributed by atoms with E-state index in [0.717, 1.165) is 31.8 Å². The minimum absolute atomic E-state index is 0.279. The predicted molar refractivity (Wildman–Crippen MR) is 92.2 cm³/mol. The number of anilines is 1. The quantitative estimate of drug-likeness (QED) is 0.783. The van der Waals surface area contributed by atoms with Gasteiger partial charge in [-0.3, -0.25) is 0 Å². The summed E-state index contributed by atoms with van der Waals surface area (Å²) in [6.07, 6.45) is 1.24. The van der Waals surface area contributed by atoms with E-state index >= 15 is 0 Å². The fourth-order valence-corrected chi connectivity index (χ4v) is 3.60. The molecular weight excluding hydrogens is 289 g/mol. The van der Waals surface area contributed by atoms with Crippen molar-refractivity contribution in [3.8, 4) is 0 Å². The van der Waals surface area contributed by atoms with Crippen LogP contribution in [0, 0.1) is 5.41 Å². The van der Waals surface area contributed by atoms with Crippen LogP contribution in [0.3, 0.4) is 0 Å². The van der Waals surface area contributed by atoms with E-state index < -0.39 is 0 Å². The zero-order chi connectivity index (χ0) is 16.3. The van der Waals surface area contributed by atoms with Gasteiger partial charge in [0, 0.05) is 24.2 Å². The van der Waals surface area contributed by atoms with Crippen LogP contribution < -0.4 is 10.4 Å². The zero-order valence-electron chi connectivity index (χ0n) is 14.6. The fraction of sp³-hybridized carbons (Fsp3) is 0.667. The maximum Gasteiger partial charge on any atom is 0.494 e. The third-order valence-corrected chi connectivity index (χ3v) is 6.04.